The lowest BCUT2D eigenvalue weighted by Gasteiger charge is -2.56. The molecule has 3 aromatic rings. The van der Waals surface area contributed by atoms with Gasteiger partial charge in [-0.15, -0.1) is 0 Å². The fraction of sp³-hybridized carbons (Fsp3) is 0.423. The fourth-order valence-electron chi connectivity index (χ4n) is 5.72. The van der Waals surface area contributed by atoms with Crippen LogP contribution in [0.2, 0.25) is 0 Å². The van der Waals surface area contributed by atoms with Crippen molar-refractivity contribution in [1.29, 1.82) is 0 Å². The lowest BCUT2D eigenvalue weighted by atomic mass is 9.50. The van der Waals surface area contributed by atoms with Crippen LogP contribution in [0.4, 0.5) is 13.2 Å². The fourth-order valence-corrected chi connectivity index (χ4v) is 5.72. The summed E-state index contributed by atoms with van der Waals surface area (Å²) >= 11 is 0. The van der Waals surface area contributed by atoms with Gasteiger partial charge in [-0.3, -0.25) is 9.59 Å². The van der Waals surface area contributed by atoms with Crippen molar-refractivity contribution in [1.82, 2.24) is 14.9 Å². The van der Waals surface area contributed by atoms with Crippen LogP contribution in [0.5, 0.6) is 0 Å². The molecule has 35 heavy (non-hydrogen) atoms. The van der Waals surface area contributed by atoms with Gasteiger partial charge in [-0.25, -0.2) is 4.98 Å². The van der Waals surface area contributed by atoms with E-state index in [1.807, 2.05) is 11.5 Å². The minimum Gasteiger partial charge on any atom is -0.481 e. The second-order valence-electron chi connectivity index (χ2n) is 9.89. The number of amides is 1. The number of rotatable bonds is 6. The van der Waals surface area contributed by atoms with Crippen LogP contribution in [-0.2, 0) is 23.9 Å². The van der Waals surface area contributed by atoms with E-state index >= 15 is 0 Å². The Morgan fingerprint density at radius 3 is 2.43 bits per heavy atom. The molecule has 1 amide bonds. The minimum absolute atomic E-state index is 0.00676. The predicted molar refractivity (Wildman–Crippen MR) is 123 cm³/mol. The Bertz CT molecular complexity index is 1280. The number of nitrogens with zero attached hydrogens (tertiary/aromatic N) is 2. The highest BCUT2D eigenvalue weighted by molar-refractivity contribution is 6.07. The number of carbonyl (C=O) groups excluding carboxylic acids is 1. The number of benzene rings is 1. The van der Waals surface area contributed by atoms with Crippen molar-refractivity contribution in [3.63, 3.8) is 0 Å². The zero-order valence-electron chi connectivity index (χ0n) is 19.2. The number of hydrogen-bond acceptors (Lipinski definition) is 3. The van der Waals surface area contributed by atoms with Crippen LogP contribution < -0.4 is 5.32 Å². The molecule has 184 valence electrons. The summed E-state index contributed by atoms with van der Waals surface area (Å²) in [6.07, 6.45) is 2.32. The molecule has 6 nitrogen and oxygen atoms in total. The summed E-state index contributed by atoms with van der Waals surface area (Å²) in [7, 11) is 0. The summed E-state index contributed by atoms with van der Waals surface area (Å²) in [4.78, 5) is 28.8. The van der Waals surface area contributed by atoms with Gasteiger partial charge < -0.3 is 15.0 Å². The zero-order chi connectivity index (χ0) is 25.0. The lowest BCUT2D eigenvalue weighted by molar-refractivity contribution is -0.155. The van der Waals surface area contributed by atoms with Crippen LogP contribution in [0, 0.1) is 11.3 Å². The first-order valence-electron chi connectivity index (χ1n) is 11.7. The number of hydrogen-bond donors (Lipinski definition) is 2. The second-order valence-corrected chi connectivity index (χ2v) is 9.89. The van der Waals surface area contributed by atoms with Gasteiger partial charge >= 0.3 is 12.1 Å². The number of aryl methyl sites for hydroxylation is 1. The molecule has 0 unspecified atom stereocenters. The number of alkyl halides is 3. The lowest BCUT2D eigenvalue weighted by Crippen LogP contribution is -2.57. The van der Waals surface area contributed by atoms with Crippen LogP contribution >= 0.6 is 0 Å². The van der Waals surface area contributed by atoms with Crippen molar-refractivity contribution in [2.24, 2.45) is 11.3 Å². The van der Waals surface area contributed by atoms with E-state index in [9.17, 15) is 22.8 Å². The van der Waals surface area contributed by atoms with E-state index < -0.39 is 17.7 Å². The van der Waals surface area contributed by atoms with Gasteiger partial charge in [0.1, 0.15) is 5.65 Å². The van der Waals surface area contributed by atoms with Gasteiger partial charge in [-0.2, -0.15) is 13.2 Å². The summed E-state index contributed by atoms with van der Waals surface area (Å²) < 4.78 is 40.7. The topological polar surface area (TPSA) is 84.2 Å². The molecule has 2 N–H and O–H groups in total. The van der Waals surface area contributed by atoms with Gasteiger partial charge in [-0.05, 0) is 73.8 Å². The van der Waals surface area contributed by atoms with Crippen molar-refractivity contribution in [2.75, 3.05) is 0 Å². The van der Waals surface area contributed by atoms with E-state index in [-0.39, 0.29) is 23.3 Å². The molecule has 5 rings (SSSR count). The molecule has 2 aliphatic carbocycles. The molecule has 9 heteroatoms. The van der Waals surface area contributed by atoms with Gasteiger partial charge in [0, 0.05) is 30.4 Å². The summed E-state index contributed by atoms with van der Waals surface area (Å²) in [5.41, 5.74) is 2.04. The van der Waals surface area contributed by atoms with E-state index in [0.29, 0.717) is 48.0 Å². The van der Waals surface area contributed by atoms with E-state index in [1.165, 1.54) is 12.1 Å². The molecule has 2 heterocycles. The van der Waals surface area contributed by atoms with Gasteiger partial charge in [0.15, 0.2) is 0 Å². The molecule has 2 saturated carbocycles. The molecule has 2 aliphatic rings. The van der Waals surface area contributed by atoms with Crippen molar-refractivity contribution < 1.29 is 27.9 Å². The number of halogens is 3. The third kappa shape index (κ3) is 4.28. The highest BCUT2D eigenvalue weighted by Crippen LogP contribution is 2.58. The molecular formula is C26H26F3N3O3. The number of carboxylic acid groups (broad SMARTS) is 1. The average molecular weight is 486 g/mol. The van der Waals surface area contributed by atoms with E-state index in [1.54, 1.807) is 18.5 Å². The maximum atomic E-state index is 13.3. The first kappa shape index (κ1) is 23.4. The third-order valence-corrected chi connectivity index (χ3v) is 7.51. The molecule has 0 radical (unpaired) electrons. The first-order chi connectivity index (χ1) is 16.6. The highest BCUT2D eigenvalue weighted by Gasteiger charge is 2.55. The molecule has 0 saturated heterocycles. The summed E-state index contributed by atoms with van der Waals surface area (Å²) in [5, 5.41) is 12.9. The molecule has 0 aliphatic heterocycles. The predicted octanol–water partition coefficient (Wildman–Crippen LogP) is 5.04. The minimum atomic E-state index is -4.39. The standard InChI is InChI=1S/C26H26F3N3O3/c1-2-32-14-20(23(33)31-19-12-25(13-19)10-17(11-25)24(34)35)21-16(7-8-30-22(21)32)9-15-3-5-18(6-4-15)26(27,28)29/h3-8,14,17,19H,2,9-13H2,1H3,(H,31,33)(H,34,35)/t17-,19-,25?. The van der Waals surface area contributed by atoms with E-state index in [2.05, 4.69) is 10.3 Å². The molecule has 1 aromatic carbocycles. The Morgan fingerprint density at radius 1 is 1.14 bits per heavy atom. The van der Waals surface area contributed by atoms with Crippen molar-refractivity contribution in [2.45, 2.75) is 57.8 Å². The quantitative estimate of drug-likeness (QED) is 0.513. The summed E-state index contributed by atoms with van der Waals surface area (Å²) in [6, 6.07) is 6.87. The molecular weight excluding hydrogens is 459 g/mol. The Balaban J connectivity index is 1.36. The van der Waals surface area contributed by atoms with Gasteiger partial charge in [0.25, 0.3) is 5.91 Å². The van der Waals surface area contributed by atoms with Crippen LogP contribution in [0.3, 0.4) is 0 Å². The third-order valence-electron chi connectivity index (χ3n) is 7.51. The second kappa shape index (κ2) is 8.39. The first-order valence-corrected chi connectivity index (χ1v) is 11.7. The number of nitrogens with one attached hydrogen (secondary N) is 1. The monoisotopic (exact) mass is 485 g/mol. The van der Waals surface area contributed by atoms with Crippen molar-refractivity contribution >= 4 is 22.9 Å². The Morgan fingerprint density at radius 2 is 1.83 bits per heavy atom. The summed E-state index contributed by atoms with van der Waals surface area (Å²) in [5.74, 6) is -1.23. The maximum Gasteiger partial charge on any atom is 0.416 e. The smallest absolute Gasteiger partial charge is 0.416 e. The van der Waals surface area contributed by atoms with Gasteiger partial charge in [0.05, 0.1) is 17.0 Å². The van der Waals surface area contributed by atoms with E-state index in [0.717, 1.165) is 30.5 Å². The van der Waals surface area contributed by atoms with Crippen LogP contribution in [-0.4, -0.2) is 32.6 Å². The maximum absolute atomic E-state index is 13.3. The SMILES string of the molecule is CCn1cc(C(=O)N[C@H]2CC3(C2)C[C@H](C(=O)O)C3)c2c(Cc3ccc(C(F)(F)F)cc3)ccnc21. The molecule has 1 spiro atoms. The number of aromatic nitrogens is 2. The Kier molecular flexibility index (Phi) is 5.61. The Labute approximate surface area is 200 Å². The molecule has 2 fully saturated rings. The molecule has 2 aromatic heterocycles. The van der Waals surface area contributed by atoms with Crippen LogP contribution in [0.25, 0.3) is 11.0 Å². The largest absolute Gasteiger partial charge is 0.481 e. The molecule has 0 bridgehead atoms. The number of pyridine rings is 1. The normalized spacial score (nSPS) is 23.7. The van der Waals surface area contributed by atoms with Gasteiger partial charge in [-0.1, -0.05) is 12.1 Å². The van der Waals surface area contributed by atoms with Gasteiger partial charge in [0.2, 0.25) is 0 Å². The van der Waals surface area contributed by atoms with Crippen molar-refractivity contribution in [3.8, 4) is 0 Å². The number of carbonyl (C=O) groups is 2. The van der Waals surface area contributed by atoms with Crippen LogP contribution in [0.1, 0.15) is 59.7 Å². The number of fused-ring (bicyclic) bond motifs is 1. The molecule has 0 atom stereocenters. The number of aliphatic carboxylic acids is 1. The average Bonchev–Trinajstić information content (AvgIpc) is 3.14. The van der Waals surface area contributed by atoms with E-state index in [4.69, 9.17) is 5.11 Å². The Hall–Kier alpha value is -3.36. The summed E-state index contributed by atoms with van der Waals surface area (Å²) in [6.45, 7) is 2.57. The van der Waals surface area contributed by atoms with Crippen LogP contribution in [0.15, 0.2) is 42.7 Å². The highest BCUT2D eigenvalue weighted by atomic mass is 19.4. The zero-order valence-corrected chi connectivity index (χ0v) is 19.2. The number of carboxylic acids is 1. The van der Waals surface area contributed by atoms with Crippen molar-refractivity contribution in [3.05, 3.63) is 65.0 Å².